The quantitative estimate of drug-likeness (QED) is 0.305. The molecule has 0 saturated carbocycles. The summed E-state index contributed by atoms with van der Waals surface area (Å²) in [6.07, 6.45) is 0.927. The summed E-state index contributed by atoms with van der Waals surface area (Å²) in [5.74, 6) is 0.601. The van der Waals surface area contributed by atoms with Crippen LogP contribution >= 0.6 is 0 Å². The highest BCUT2D eigenvalue weighted by atomic mass is 16.6. The Hall–Kier alpha value is -4.13. The van der Waals surface area contributed by atoms with E-state index in [0.717, 1.165) is 39.6 Å². The van der Waals surface area contributed by atoms with Crippen molar-refractivity contribution in [3.8, 4) is 16.9 Å². The van der Waals surface area contributed by atoms with Crippen molar-refractivity contribution in [3.05, 3.63) is 83.6 Å². The van der Waals surface area contributed by atoms with Gasteiger partial charge in [-0.2, -0.15) is 5.10 Å². The number of nitrogens with zero attached hydrogens (tertiary/aromatic N) is 1. The second kappa shape index (κ2) is 10.6. The largest absolute Gasteiger partial charge is 0.491 e. The number of alkyl carbamates (subject to hydrolysis) is 1. The van der Waals surface area contributed by atoms with E-state index in [2.05, 4.69) is 15.5 Å². The number of hydrogen-bond donors (Lipinski definition) is 2. The summed E-state index contributed by atoms with van der Waals surface area (Å²) in [4.78, 5) is 24.2. The van der Waals surface area contributed by atoms with Crippen LogP contribution in [0.15, 0.2) is 66.7 Å². The fourth-order valence-electron chi connectivity index (χ4n) is 4.01. The zero-order chi connectivity index (χ0) is 25.7. The molecule has 7 heteroatoms. The number of aryl methyl sites for hydroxylation is 1. The van der Waals surface area contributed by atoms with E-state index in [1.54, 1.807) is 12.1 Å². The van der Waals surface area contributed by atoms with Gasteiger partial charge in [0.2, 0.25) is 0 Å². The van der Waals surface area contributed by atoms with Gasteiger partial charge in [-0.15, -0.1) is 0 Å². The second-order valence-electron chi connectivity index (χ2n) is 9.78. The second-order valence-corrected chi connectivity index (χ2v) is 9.78. The molecule has 1 amide bonds. The smallest absolute Gasteiger partial charge is 0.408 e. The molecule has 7 nitrogen and oxygen atoms in total. The van der Waals surface area contributed by atoms with Crippen molar-refractivity contribution in [2.24, 2.45) is 0 Å². The first-order valence-electron chi connectivity index (χ1n) is 11.9. The lowest BCUT2D eigenvalue weighted by Crippen LogP contribution is -2.43. The van der Waals surface area contributed by atoms with Crippen molar-refractivity contribution < 1.29 is 19.1 Å². The summed E-state index contributed by atoms with van der Waals surface area (Å²) in [5.41, 5.74) is 4.53. The molecule has 0 saturated heterocycles. The van der Waals surface area contributed by atoms with Gasteiger partial charge in [0.25, 0.3) is 0 Å². The molecule has 2 N–H and O–H groups in total. The van der Waals surface area contributed by atoms with Gasteiger partial charge in [-0.3, -0.25) is 9.89 Å². The SMILES string of the molecule is Cc1n[nH]c2ccc(-c3cc(OC[C@H](Cc4ccccc4)NC(=O)OC(C)(C)C)ccc3C=O)cc12. The van der Waals surface area contributed by atoms with Gasteiger partial charge in [0.15, 0.2) is 6.29 Å². The third-order valence-electron chi connectivity index (χ3n) is 5.71. The van der Waals surface area contributed by atoms with E-state index in [1.807, 2.05) is 82.3 Å². The first-order chi connectivity index (χ1) is 17.2. The molecule has 0 radical (unpaired) electrons. The van der Waals surface area contributed by atoms with Crippen LogP contribution in [-0.2, 0) is 11.2 Å². The van der Waals surface area contributed by atoms with Gasteiger partial charge in [0.05, 0.1) is 17.3 Å². The lowest BCUT2D eigenvalue weighted by molar-refractivity contribution is 0.0487. The Bertz CT molecular complexity index is 1360. The monoisotopic (exact) mass is 485 g/mol. The van der Waals surface area contributed by atoms with Crippen LogP contribution in [0.1, 0.15) is 42.4 Å². The van der Waals surface area contributed by atoms with Crippen molar-refractivity contribution >= 4 is 23.3 Å². The normalized spacial score (nSPS) is 12.2. The average Bonchev–Trinajstić information content (AvgIpc) is 3.22. The molecule has 3 aromatic carbocycles. The third kappa shape index (κ3) is 6.30. The molecule has 1 aromatic heterocycles. The number of carbonyl (C=O) groups is 2. The Balaban J connectivity index is 1.55. The predicted octanol–water partition coefficient (Wildman–Crippen LogP) is 5.87. The first kappa shape index (κ1) is 25.0. The highest BCUT2D eigenvalue weighted by Gasteiger charge is 2.21. The molecule has 0 bridgehead atoms. The van der Waals surface area contributed by atoms with Gasteiger partial charge < -0.3 is 14.8 Å². The molecule has 186 valence electrons. The Kier molecular flexibility index (Phi) is 7.38. The fraction of sp³-hybridized carbons (Fsp3) is 0.276. The maximum atomic E-state index is 12.5. The number of amides is 1. The molecule has 0 aliphatic carbocycles. The van der Waals surface area contributed by atoms with Crippen LogP contribution < -0.4 is 10.1 Å². The third-order valence-corrected chi connectivity index (χ3v) is 5.71. The number of aromatic nitrogens is 2. The maximum Gasteiger partial charge on any atom is 0.408 e. The first-order valence-corrected chi connectivity index (χ1v) is 11.9. The lowest BCUT2D eigenvalue weighted by atomic mass is 9.98. The summed E-state index contributed by atoms with van der Waals surface area (Å²) in [6, 6.07) is 20.9. The average molecular weight is 486 g/mol. The van der Waals surface area contributed by atoms with Crippen molar-refractivity contribution in [1.29, 1.82) is 0 Å². The zero-order valence-corrected chi connectivity index (χ0v) is 21.0. The topological polar surface area (TPSA) is 93.3 Å². The van der Waals surface area contributed by atoms with Crippen molar-refractivity contribution in [1.82, 2.24) is 15.5 Å². The van der Waals surface area contributed by atoms with Gasteiger partial charge >= 0.3 is 6.09 Å². The predicted molar refractivity (Wildman–Crippen MR) is 140 cm³/mol. The molecular formula is C29H31N3O4. The van der Waals surface area contributed by atoms with Crippen LogP contribution in [0.2, 0.25) is 0 Å². The molecule has 0 aliphatic rings. The highest BCUT2D eigenvalue weighted by molar-refractivity contribution is 5.92. The lowest BCUT2D eigenvalue weighted by Gasteiger charge is -2.24. The van der Waals surface area contributed by atoms with E-state index >= 15 is 0 Å². The molecule has 0 aliphatic heterocycles. The number of nitrogens with one attached hydrogen (secondary N) is 2. The maximum absolute atomic E-state index is 12.5. The number of ether oxygens (including phenoxy) is 2. The number of aldehydes is 1. The molecule has 1 heterocycles. The molecule has 4 rings (SSSR count). The molecular weight excluding hydrogens is 454 g/mol. The van der Waals surface area contributed by atoms with E-state index in [-0.39, 0.29) is 12.6 Å². The number of H-pyrrole nitrogens is 1. The van der Waals surface area contributed by atoms with Gasteiger partial charge in [-0.1, -0.05) is 36.4 Å². The molecule has 0 spiro atoms. The van der Waals surface area contributed by atoms with Crippen LogP contribution in [0.3, 0.4) is 0 Å². The molecule has 36 heavy (non-hydrogen) atoms. The van der Waals surface area contributed by atoms with E-state index < -0.39 is 11.7 Å². The molecule has 0 unspecified atom stereocenters. The van der Waals surface area contributed by atoms with Gasteiger partial charge in [0.1, 0.15) is 18.0 Å². The minimum atomic E-state index is -0.601. The van der Waals surface area contributed by atoms with Gasteiger partial charge in [-0.05, 0) is 81.1 Å². The summed E-state index contributed by atoms with van der Waals surface area (Å²) in [7, 11) is 0. The van der Waals surface area contributed by atoms with Crippen molar-refractivity contribution in [2.75, 3.05) is 6.61 Å². The fourth-order valence-corrected chi connectivity index (χ4v) is 4.01. The van der Waals surface area contributed by atoms with Crippen molar-refractivity contribution in [2.45, 2.75) is 45.8 Å². The molecule has 0 fully saturated rings. The Morgan fingerprint density at radius 1 is 1.08 bits per heavy atom. The summed E-state index contributed by atoms with van der Waals surface area (Å²) < 4.78 is 11.6. The summed E-state index contributed by atoms with van der Waals surface area (Å²) in [5, 5.41) is 11.2. The Labute approximate surface area is 210 Å². The molecule has 1 atom stereocenters. The van der Waals surface area contributed by atoms with E-state index in [4.69, 9.17) is 9.47 Å². The number of fused-ring (bicyclic) bond motifs is 1. The number of benzene rings is 3. The van der Waals surface area contributed by atoms with Gasteiger partial charge in [0, 0.05) is 10.9 Å². The van der Waals surface area contributed by atoms with E-state index in [0.29, 0.717) is 17.7 Å². The van der Waals surface area contributed by atoms with Crippen LogP contribution in [0, 0.1) is 6.92 Å². The van der Waals surface area contributed by atoms with Crippen LogP contribution in [0.4, 0.5) is 4.79 Å². The van der Waals surface area contributed by atoms with Crippen molar-refractivity contribution in [3.63, 3.8) is 0 Å². The zero-order valence-electron chi connectivity index (χ0n) is 21.0. The minimum absolute atomic E-state index is 0.230. The molecule has 4 aromatic rings. The standard InChI is InChI=1S/C29H31N3O4/c1-19-25-15-21(11-13-27(25)32-31-19)26-16-24(12-10-22(26)17-33)35-18-23(14-20-8-6-5-7-9-20)30-28(34)36-29(2,3)4/h5-13,15-17,23H,14,18H2,1-4H3,(H,30,34)(H,31,32)/t23-/m0/s1. The summed E-state index contributed by atoms with van der Waals surface area (Å²) >= 11 is 0. The summed E-state index contributed by atoms with van der Waals surface area (Å²) in [6.45, 7) is 7.65. The highest BCUT2D eigenvalue weighted by Crippen LogP contribution is 2.30. The van der Waals surface area contributed by atoms with E-state index in [9.17, 15) is 9.59 Å². The number of aromatic amines is 1. The van der Waals surface area contributed by atoms with Gasteiger partial charge in [-0.25, -0.2) is 4.79 Å². The van der Waals surface area contributed by atoms with Crippen LogP contribution in [-0.4, -0.2) is 40.8 Å². The number of rotatable bonds is 8. The number of hydrogen-bond acceptors (Lipinski definition) is 5. The van der Waals surface area contributed by atoms with E-state index in [1.165, 1.54) is 0 Å². The van der Waals surface area contributed by atoms with Crippen LogP contribution in [0.5, 0.6) is 5.75 Å². The number of carbonyl (C=O) groups excluding carboxylic acids is 2. The van der Waals surface area contributed by atoms with Crippen LogP contribution in [0.25, 0.3) is 22.0 Å². The minimum Gasteiger partial charge on any atom is -0.491 e. The Morgan fingerprint density at radius 2 is 1.86 bits per heavy atom. The Morgan fingerprint density at radius 3 is 2.58 bits per heavy atom.